The van der Waals surface area contributed by atoms with Gasteiger partial charge in [-0.25, -0.2) is 13.6 Å². The lowest BCUT2D eigenvalue weighted by Crippen LogP contribution is -2.51. The van der Waals surface area contributed by atoms with Crippen LogP contribution < -0.4 is 15.8 Å². The molecule has 1 aliphatic rings. The van der Waals surface area contributed by atoms with Gasteiger partial charge in [-0.2, -0.15) is 0 Å². The molecule has 8 nitrogen and oxygen atoms in total. The number of benzene rings is 1. The highest BCUT2D eigenvalue weighted by molar-refractivity contribution is 7.89. The quantitative estimate of drug-likeness (QED) is 0.506. The number of hydrogen-bond donors (Lipinski definition) is 3. The van der Waals surface area contributed by atoms with Crippen molar-refractivity contribution >= 4 is 21.4 Å². The lowest BCUT2D eigenvalue weighted by Gasteiger charge is -2.28. The van der Waals surface area contributed by atoms with E-state index in [0.29, 0.717) is 18.8 Å². The van der Waals surface area contributed by atoms with E-state index in [1.54, 1.807) is 0 Å². The van der Waals surface area contributed by atoms with Crippen LogP contribution >= 0.6 is 0 Å². The van der Waals surface area contributed by atoms with E-state index in [1.807, 2.05) is 0 Å². The smallest absolute Gasteiger partial charge is 0.293 e. The predicted molar refractivity (Wildman–Crippen MR) is 64.8 cm³/mol. The molecule has 1 saturated heterocycles. The number of nitro benzene ring substituents is 1. The Balaban J connectivity index is 2.37. The van der Waals surface area contributed by atoms with Gasteiger partial charge in [-0.3, -0.25) is 10.1 Å². The Hall–Kier alpha value is -1.71. The number of sulfonamides is 1. The first-order chi connectivity index (χ1) is 8.38. The highest BCUT2D eigenvalue weighted by Crippen LogP contribution is 2.28. The largest absolute Gasteiger partial charge is 0.374 e. The van der Waals surface area contributed by atoms with Gasteiger partial charge in [0.15, 0.2) is 0 Å². The van der Waals surface area contributed by atoms with Crippen molar-refractivity contribution in [3.8, 4) is 0 Å². The van der Waals surface area contributed by atoms with E-state index >= 15 is 0 Å². The van der Waals surface area contributed by atoms with Gasteiger partial charge in [0, 0.05) is 19.2 Å². The van der Waals surface area contributed by atoms with Crippen LogP contribution in [0.15, 0.2) is 23.1 Å². The number of nitrogens with two attached hydrogens (primary N) is 1. The molecule has 0 amide bonds. The molecule has 0 spiro atoms. The molecule has 1 aromatic rings. The summed E-state index contributed by atoms with van der Waals surface area (Å²) in [5.41, 5.74) is -0.00711. The van der Waals surface area contributed by atoms with E-state index in [-0.39, 0.29) is 16.6 Å². The predicted octanol–water partition coefficient (Wildman–Crippen LogP) is -0.374. The topological polar surface area (TPSA) is 127 Å². The van der Waals surface area contributed by atoms with Gasteiger partial charge in [-0.15, -0.1) is 0 Å². The molecule has 0 aromatic heterocycles. The first kappa shape index (κ1) is 12.7. The number of nitrogens with zero attached hydrogens (tertiary/aromatic N) is 1. The standard InChI is InChI=1S/C9H12N4O4S/c10-18(16,17)7-1-2-8(9(3-7)13(14)15)12-6-4-11-5-6/h1-3,6,11-12H,4-5H2,(H2,10,16,17). The molecule has 0 unspecified atom stereocenters. The van der Waals surface area contributed by atoms with Crippen molar-refractivity contribution in [3.63, 3.8) is 0 Å². The van der Waals surface area contributed by atoms with E-state index < -0.39 is 14.9 Å². The third-order valence-corrected chi connectivity index (χ3v) is 3.55. The third kappa shape index (κ3) is 2.58. The van der Waals surface area contributed by atoms with Gasteiger partial charge in [-0.05, 0) is 12.1 Å². The van der Waals surface area contributed by atoms with Crippen LogP contribution in [0.25, 0.3) is 0 Å². The molecule has 2 rings (SSSR count). The van der Waals surface area contributed by atoms with Crippen LogP contribution in [0.1, 0.15) is 0 Å². The molecular formula is C9H12N4O4S. The van der Waals surface area contributed by atoms with Crippen LogP contribution in [-0.2, 0) is 10.0 Å². The minimum absolute atomic E-state index is 0.115. The maximum absolute atomic E-state index is 11.1. The Morgan fingerprint density at radius 1 is 1.44 bits per heavy atom. The molecule has 4 N–H and O–H groups in total. The van der Waals surface area contributed by atoms with Crippen molar-refractivity contribution in [1.82, 2.24) is 5.32 Å². The van der Waals surface area contributed by atoms with Crippen molar-refractivity contribution < 1.29 is 13.3 Å². The number of nitro groups is 1. The number of nitrogens with one attached hydrogen (secondary N) is 2. The SMILES string of the molecule is NS(=O)(=O)c1ccc(NC2CNC2)c([N+](=O)[O-])c1. The molecular weight excluding hydrogens is 260 g/mol. The summed E-state index contributed by atoms with van der Waals surface area (Å²) < 4.78 is 22.3. The van der Waals surface area contributed by atoms with E-state index in [2.05, 4.69) is 10.6 Å². The molecule has 1 fully saturated rings. The number of primary sulfonamides is 1. The second-order valence-electron chi connectivity index (χ2n) is 3.98. The van der Waals surface area contributed by atoms with Gasteiger partial charge < -0.3 is 10.6 Å². The second-order valence-corrected chi connectivity index (χ2v) is 5.54. The summed E-state index contributed by atoms with van der Waals surface area (Å²) in [4.78, 5) is 10.00. The summed E-state index contributed by atoms with van der Waals surface area (Å²) in [5, 5.41) is 21.8. The Morgan fingerprint density at radius 3 is 2.56 bits per heavy atom. The fraction of sp³-hybridized carbons (Fsp3) is 0.333. The maximum atomic E-state index is 11.1. The van der Waals surface area contributed by atoms with Crippen LogP contribution in [0, 0.1) is 10.1 Å². The highest BCUT2D eigenvalue weighted by atomic mass is 32.2. The average Bonchev–Trinajstić information content (AvgIpc) is 2.21. The zero-order valence-electron chi connectivity index (χ0n) is 9.29. The molecule has 1 aliphatic heterocycles. The lowest BCUT2D eigenvalue weighted by atomic mass is 10.1. The highest BCUT2D eigenvalue weighted by Gasteiger charge is 2.23. The van der Waals surface area contributed by atoms with E-state index in [4.69, 9.17) is 5.14 Å². The first-order valence-electron chi connectivity index (χ1n) is 5.16. The Bertz CT molecular complexity index is 582. The minimum atomic E-state index is -3.94. The van der Waals surface area contributed by atoms with Crippen LogP contribution in [-0.4, -0.2) is 32.5 Å². The normalized spacial score (nSPS) is 16.1. The summed E-state index contributed by atoms with van der Waals surface area (Å²) >= 11 is 0. The fourth-order valence-corrected chi connectivity index (χ4v) is 2.11. The van der Waals surface area contributed by atoms with Crippen molar-refractivity contribution in [1.29, 1.82) is 0 Å². The van der Waals surface area contributed by atoms with Crippen LogP contribution in [0.4, 0.5) is 11.4 Å². The van der Waals surface area contributed by atoms with E-state index in [9.17, 15) is 18.5 Å². The van der Waals surface area contributed by atoms with Gasteiger partial charge in [0.1, 0.15) is 5.69 Å². The van der Waals surface area contributed by atoms with Crippen LogP contribution in [0.2, 0.25) is 0 Å². The first-order valence-corrected chi connectivity index (χ1v) is 6.71. The molecule has 0 aliphatic carbocycles. The summed E-state index contributed by atoms with van der Waals surface area (Å²) in [6.07, 6.45) is 0. The molecule has 18 heavy (non-hydrogen) atoms. The molecule has 0 atom stereocenters. The molecule has 1 heterocycles. The molecule has 0 radical (unpaired) electrons. The summed E-state index contributed by atoms with van der Waals surface area (Å²) in [5.74, 6) is 0. The van der Waals surface area contributed by atoms with E-state index in [0.717, 1.165) is 6.07 Å². The van der Waals surface area contributed by atoms with Crippen molar-refractivity contribution in [2.75, 3.05) is 18.4 Å². The zero-order chi connectivity index (χ0) is 13.3. The van der Waals surface area contributed by atoms with Crippen molar-refractivity contribution in [2.24, 2.45) is 5.14 Å². The Morgan fingerprint density at radius 2 is 2.11 bits per heavy atom. The van der Waals surface area contributed by atoms with Crippen LogP contribution in [0.5, 0.6) is 0 Å². The summed E-state index contributed by atoms with van der Waals surface area (Å²) in [6, 6.07) is 3.68. The third-order valence-electron chi connectivity index (χ3n) is 2.64. The zero-order valence-corrected chi connectivity index (χ0v) is 10.1. The Labute approximate surface area is 103 Å². The lowest BCUT2D eigenvalue weighted by molar-refractivity contribution is -0.384. The van der Waals surface area contributed by atoms with Gasteiger partial charge in [0.25, 0.3) is 5.69 Å². The van der Waals surface area contributed by atoms with Crippen molar-refractivity contribution in [3.05, 3.63) is 28.3 Å². The fourth-order valence-electron chi connectivity index (χ4n) is 1.57. The van der Waals surface area contributed by atoms with Gasteiger partial charge in [-0.1, -0.05) is 0 Å². The van der Waals surface area contributed by atoms with Crippen LogP contribution in [0.3, 0.4) is 0 Å². The van der Waals surface area contributed by atoms with Gasteiger partial charge in [0.2, 0.25) is 10.0 Å². The van der Waals surface area contributed by atoms with Gasteiger partial charge in [0.05, 0.1) is 15.9 Å². The molecule has 0 saturated carbocycles. The average molecular weight is 272 g/mol. The maximum Gasteiger partial charge on any atom is 0.293 e. The van der Waals surface area contributed by atoms with Gasteiger partial charge >= 0.3 is 0 Å². The molecule has 9 heteroatoms. The number of hydrogen-bond acceptors (Lipinski definition) is 6. The number of anilines is 1. The summed E-state index contributed by atoms with van der Waals surface area (Å²) in [6.45, 7) is 1.43. The minimum Gasteiger partial charge on any atom is -0.374 e. The molecule has 1 aromatic carbocycles. The van der Waals surface area contributed by atoms with E-state index in [1.165, 1.54) is 12.1 Å². The molecule has 98 valence electrons. The second kappa shape index (κ2) is 4.52. The number of rotatable bonds is 4. The monoisotopic (exact) mass is 272 g/mol. The Kier molecular flexibility index (Phi) is 3.20. The summed E-state index contributed by atoms with van der Waals surface area (Å²) in [7, 11) is -3.94. The van der Waals surface area contributed by atoms with Crippen molar-refractivity contribution in [2.45, 2.75) is 10.9 Å². The molecule has 0 bridgehead atoms.